The third-order valence-corrected chi connectivity index (χ3v) is 4.94. The first-order valence-corrected chi connectivity index (χ1v) is 9.87. The molecule has 0 radical (unpaired) electrons. The molecule has 0 N–H and O–H groups in total. The zero-order chi connectivity index (χ0) is 21.8. The molecule has 0 aliphatic heterocycles. The van der Waals surface area contributed by atoms with Crippen LogP contribution < -0.4 is 0 Å². The Balaban J connectivity index is 1.54. The lowest BCUT2D eigenvalue weighted by Gasteiger charge is -2.17. The van der Waals surface area contributed by atoms with Crippen molar-refractivity contribution in [3.05, 3.63) is 107 Å². The van der Waals surface area contributed by atoms with Gasteiger partial charge in [0.15, 0.2) is 5.78 Å². The number of ketones is 1. The standard InChI is InChI=1S/C25H21N3O3/c1-17-12-14-18(15-13-17)23(29)20-10-6-7-11-21(20)25(30)28(2)16-22-26-24(27-31-22)19-8-4-3-5-9-19/h3-15H,16H2,1-2H3. The second-order valence-electron chi connectivity index (χ2n) is 7.28. The highest BCUT2D eigenvalue weighted by atomic mass is 16.5. The minimum absolute atomic E-state index is 0.131. The van der Waals surface area contributed by atoms with Crippen molar-refractivity contribution in [2.45, 2.75) is 13.5 Å². The van der Waals surface area contributed by atoms with Gasteiger partial charge in [0.1, 0.15) is 0 Å². The summed E-state index contributed by atoms with van der Waals surface area (Å²) in [4.78, 5) is 32.0. The molecule has 0 saturated heterocycles. The summed E-state index contributed by atoms with van der Waals surface area (Å²) in [5, 5.41) is 3.99. The van der Waals surface area contributed by atoms with Gasteiger partial charge in [-0.1, -0.05) is 83.5 Å². The molecule has 6 heteroatoms. The Morgan fingerprint density at radius 1 is 0.871 bits per heavy atom. The van der Waals surface area contributed by atoms with Gasteiger partial charge in [-0.15, -0.1) is 0 Å². The van der Waals surface area contributed by atoms with E-state index in [1.807, 2.05) is 49.4 Å². The van der Waals surface area contributed by atoms with Crippen molar-refractivity contribution in [1.82, 2.24) is 15.0 Å². The summed E-state index contributed by atoms with van der Waals surface area (Å²) in [6.07, 6.45) is 0. The van der Waals surface area contributed by atoms with Crippen molar-refractivity contribution in [2.24, 2.45) is 0 Å². The number of hydrogen-bond donors (Lipinski definition) is 0. The number of nitrogens with zero attached hydrogens (tertiary/aromatic N) is 3. The molecule has 0 aliphatic carbocycles. The number of aromatic nitrogens is 2. The van der Waals surface area contributed by atoms with E-state index in [0.717, 1.165) is 11.1 Å². The molecule has 4 aromatic rings. The second kappa shape index (κ2) is 8.75. The normalized spacial score (nSPS) is 10.6. The highest BCUT2D eigenvalue weighted by Crippen LogP contribution is 2.19. The van der Waals surface area contributed by atoms with E-state index in [0.29, 0.717) is 28.4 Å². The third kappa shape index (κ3) is 4.43. The van der Waals surface area contributed by atoms with Crippen LogP contribution in [-0.2, 0) is 6.54 Å². The van der Waals surface area contributed by atoms with Crippen molar-refractivity contribution in [2.75, 3.05) is 7.05 Å². The number of carbonyl (C=O) groups excluding carboxylic acids is 2. The molecule has 4 rings (SSSR count). The average Bonchev–Trinajstić information content (AvgIpc) is 3.27. The Labute approximate surface area is 180 Å². The first-order valence-electron chi connectivity index (χ1n) is 9.87. The molecule has 0 spiro atoms. The van der Waals surface area contributed by atoms with Crippen LogP contribution in [0.2, 0.25) is 0 Å². The number of hydrogen-bond acceptors (Lipinski definition) is 5. The van der Waals surface area contributed by atoms with Crippen LogP contribution >= 0.6 is 0 Å². The Morgan fingerprint density at radius 3 is 2.23 bits per heavy atom. The number of rotatable bonds is 6. The van der Waals surface area contributed by atoms with Gasteiger partial charge in [0, 0.05) is 23.7 Å². The summed E-state index contributed by atoms with van der Waals surface area (Å²) in [5.74, 6) is 0.292. The van der Waals surface area contributed by atoms with Crippen molar-refractivity contribution in [3.8, 4) is 11.4 Å². The SMILES string of the molecule is Cc1ccc(C(=O)c2ccccc2C(=O)N(C)Cc2nc(-c3ccccc3)no2)cc1. The molecule has 0 fully saturated rings. The Kier molecular flexibility index (Phi) is 5.71. The van der Waals surface area contributed by atoms with Gasteiger partial charge in [0.25, 0.3) is 5.91 Å². The lowest BCUT2D eigenvalue weighted by atomic mass is 9.97. The van der Waals surface area contributed by atoms with Crippen LogP contribution in [-0.4, -0.2) is 33.8 Å². The van der Waals surface area contributed by atoms with Gasteiger partial charge in [0.05, 0.1) is 12.1 Å². The van der Waals surface area contributed by atoms with Crippen LogP contribution in [0.3, 0.4) is 0 Å². The maximum absolute atomic E-state index is 13.1. The smallest absolute Gasteiger partial charge is 0.254 e. The van der Waals surface area contributed by atoms with E-state index in [1.165, 1.54) is 4.90 Å². The molecular formula is C25H21N3O3. The summed E-state index contributed by atoms with van der Waals surface area (Å²) in [7, 11) is 1.64. The maximum atomic E-state index is 13.1. The molecule has 31 heavy (non-hydrogen) atoms. The molecule has 0 saturated carbocycles. The first-order chi connectivity index (χ1) is 15.0. The number of aryl methyl sites for hydroxylation is 1. The van der Waals surface area contributed by atoms with E-state index in [1.54, 1.807) is 43.4 Å². The van der Waals surface area contributed by atoms with Gasteiger partial charge in [-0.3, -0.25) is 9.59 Å². The fourth-order valence-electron chi connectivity index (χ4n) is 3.23. The van der Waals surface area contributed by atoms with E-state index in [2.05, 4.69) is 10.1 Å². The highest BCUT2D eigenvalue weighted by molar-refractivity contribution is 6.15. The molecule has 0 unspecified atom stereocenters. The molecule has 0 atom stereocenters. The Morgan fingerprint density at radius 2 is 1.52 bits per heavy atom. The predicted octanol–water partition coefficient (Wildman–Crippen LogP) is 4.55. The summed E-state index contributed by atoms with van der Waals surface area (Å²) in [6.45, 7) is 2.09. The molecule has 3 aromatic carbocycles. The molecule has 0 bridgehead atoms. The number of amides is 1. The Bertz CT molecular complexity index is 1210. The topological polar surface area (TPSA) is 76.3 Å². The van der Waals surface area contributed by atoms with E-state index >= 15 is 0 Å². The summed E-state index contributed by atoms with van der Waals surface area (Å²) >= 11 is 0. The molecule has 154 valence electrons. The van der Waals surface area contributed by atoms with Gasteiger partial charge in [0.2, 0.25) is 11.7 Å². The van der Waals surface area contributed by atoms with Crippen molar-refractivity contribution in [3.63, 3.8) is 0 Å². The molecule has 1 heterocycles. The fourth-order valence-corrected chi connectivity index (χ4v) is 3.23. The van der Waals surface area contributed by atoms with Crippen molar-refractivity contribution >= 4 is 11.7 Å². The van der Waals surface area contributed by atoms with Crippen LogP contribution in [0.15, 0.2) is 83.4 Å². The monoisotopic (exact) mass is 411 g/mol. The van der Waals surface area contributed by atoms with Gasteiger partial charge >= 0.3 is 0 Å². The van der Waals surface area contributed by atoms with Gasteiger partial charge < -0.3 is 9.42 Å². The fraction of sp³-hybridized carbons (Fsp3) is 0.120. The zero-order valence-electron chi connectivity index (χ0n) is 17.3. The molecule has 1 amide bonds. The average molecular weight is 411 g/mol. The minimum Gasteiger partial charge on any atom is -0.337 e. The minimum atomic E-state index is -0.296. The van der Waals surface area contributed by atoms with Crippen molar-refractivity contribution < 1.29 is 14.1 Å². The van der Waals surface area contributed by atoms with E-state index in [-0.39, 0.29) is 18.2 Å². The van der Waals surface area contributed by atoms with Crippen LogP contribution in [0.1, 0.15) is 37.7 Å². The molecule has 1 aromatic heterocycles. The quantitative estimate of drug-likeness (QED) is 0.435. The van der Waals surface area contributed by atoms with Gasteiger partial charge in [-0.05, 0) is 13.0 Å². The molecular weight excluding hydrogens is 390 g/mol. The van der Waals surface area contributed by atoms with Crippen molar-refractivity contribution in [1.29, 1.82) is 0 Å². The maximum Gasteiger partial charge on any atom is 0.254 e. The summed E-state index contributed by atoms with van der Waals surface area (Å²) in [6, 6.07) is 23.6. The second-order valence-corrected chi connectivity index (χ2v) is 7.28. The first kappa shape index (κ1) is 20.2. The van der Waals surface area contributed by atoms with Crippen LogP contribution in [0.4, 0.5) is 0 Å². The lowest BCUT2D eigenvalue weighted by Crippen LogP contribution is -2.28. The van der Waals surface area contributed by atoms with Crippen LogP contribution in [0, 0.1) is 6.92 Å². The molecule has 6 nitrogen and oxygen atoms in total. The predicted molar refractivity (Wildman–Crippen MR) is 117 cm³/mol. The van der Waals surface area contributed by atoms with Gasteiger partial charge in [-0.2, -0.15) is 4.98 Å². The van der Waals surface area contributed by atoms with E-state index in [9.17, 15) is 9.59 Å². The lowest BCUT2D eigenvalue weighted by molar-refractivity contribution is 0.0765. The Hall–Kier alpha value is -4.06. The summed E-state index contributed by atoms with van der Waals surface area (Å²) in [5.41, 5.74) is 3.13. The number of benzene rings is 3. The highest BCUT2D eigenvalue weighted by Gasteiger charge is 2.22. The van der Waals surface area contributed by atoms with E-state index in [4.69, 9.17) is 4.52 Å². The largest absolute Gasteiger partial charge is 0.337 e. The van der Waals surface area contributed by atoms with Gasteiger partial charge in [-0.25, -0.2) is 0 Å². The van der Waals surface area contributed by atoms with E-state index < -0.39 is 0 Å². The van der Waals surface area contributed by atoms with Crippen LogP contribution in [0.5, 0.6) is 0 Å². The molecule has 0 aliphatic rings. The third-order valence-electron chi connectivity index (χ3n) is 4.94. The summed E-state index contributed by atoms with van der Waals surface area (Å²) < 4.78 is 5.31. The number of carbonyl (C=O) groups is 2. The zero-order valence-corrected chi connectivity index (χ0v) is 17.3. The van der Waals surface area contributed by atoms with Crippen LogP contribution in [0.25, 0.3) is 11.4 Å².